The Morgan fingerprint density at radius 3 is 2.70 bits per heavy atom. The van der Waals surface area contributed by atoms with Crippen LogP contribution in [0.1, 0.15) is 19.4 Å². The lowest BCUT2D eigenvalue weighted by atomic mass is 10.1. The van der Waals surface area contributed by atoms with E-state index in [2.05, 4.69) is 58.8 Å². The van der Waals surface area contributed by atoms with E-state index in [4.69, 9.17) is 9.47 Å². The summed E-state index contributed by atoms with van der Waals surface area (Å²) in [6.45, 7) is 7.57. The highest BCUT2D eigenvalue weighted by molar-refractivity contribution is 14.1. The molecule has 0 bridgehead atoms. The monoisotopic (exact) mass is 390 g/mol. The van der Waals surface area contributed by atoms with Crippen LogP contribution in [0.4, 0.5) is 0 Å². The standard InChI is InChI=1S/C15H23IN2O2/c1-10-8-18(11(2)7-17-10)9-12-5-13(16)15(20-4)14(6-12)19-3/h5-6,10-11,17H,7-9H2,1-4H3. The minimum atomic E-state index is 0.547. The molecule has 2 unspecified atom stereocenters. The van der Waals surface area contributed by atoms with Crippen molar-refractivity contribution in [3.05, 3.63) is 21.3 Å². The molecule has 1 aromatic rings. The SMILES string of the molecule is COc1cc(CN2CC(C)NCC2C)cc(I)c1OC. The molecule has 2 rings (SSSR count). The fraction of sp³-hybridized carbons (Fsp3) is 0.600. The minimum absolute atomic E-state index is 0.547. The van der Waals surface area contributed by atoms with Crippen LogP contribution >= 0.6 is 22.6 Å². The third-order valence-electron chi connectivity index (χ3n) is 3.77. The highest BCUT2D eigenvalue weighted by Gasteiger charge is 2.23. The average molecular weight is 390 g/mol. The van der Waals surface area contributed by atoms with Gasteiger partial charge in [-0.15, -0.1) is 0 Å². The number of halogens is 1. The van der Waals surface area contributed by atoms with Crippen molar-refractivity contribution in [2.75, 3.05) is 27.3 Å². The second kappa shape index (κ2) is 6.95. The first-order valence-electron chi connectivity index (χ1n) is 6.93. The number of ether oxygens (including phenoxy) is 2. The Kier molecular flexibility index (Phi) is 5.51. The van der Waals surface area contributed by atoms with E-state index in [0.29, 0.717) is 12.1 Å². The van der Waals surface area contributed by atoms with Crippen LogP contribution in [0.5, 0.6) is 11.5 Å². The maximum Gasteiger partial charge on any atom is 0.174 e. The quantitative estimate of drug-likeness (QED) is 0.802. The van der Waals surface area contributed by atoms with Gasteiger partial charge in [-0.25, -0.2) is 0 Å². The molecule has 2 atom stereocenters. The molecule has 1 fully saturated rings. The molecular weight excluding hydrogens is 367 g/mol. The second-order valence-corrected chi connectivity index (χ2v) is 6.56. The molecule has 0 amide bonds. The lowest BCUT2D eigenvalue weighted by Crippen LogP contribution is -2.53. The molecule has 1 aliphatic heterocycles. The molecule has 0 aromatic heterocycles. The van der Waals surface area contributed by atoms with E-state index in [9.17, 15) is 0 Å². The average Bonchev–Trinajstić information content (AvgIpc) is 2.42. The molecule has 0 saturated carbocycles. The Balaban J connectivity index is 2.18. The van der Waals surface area contributed by atoms with Crippen LogP contribution in [0.3, 0.4) is 0 Å². The van der Waals surface area contributed by atoms with Crippen LogP contribution in [0.25, 0.3) is 0 Å². The Hall–Kier alpha value is -0.530. The molecule has 5 heteroatoms. The van der Waals surface area contributed by atoms with E-state index in [-0.39, 0.29) is 0 Å². The molecule has 0 spiro atoms. The summed E-state index contributed by atoms with van der Waals surface area (Å²) in [5, 5.41) is 3.51. The number of hydrogen-bond donors (Lipinski definition) is 1. The van der Waals surface area contributed by atoms with Gasteiger partial charge in [-0.3, -0.25) is 4.90 Å². The predicted octanol–water partition coefficient (Wildman–Crippen LogP) is 2.49. The summed E-state index contributed by atoms with van der Waals surface area (Å²) in [6, 6.07) is 5.37. The summed E-state index contributed by atoms with van der Waals surface area (Å²) < 4.78 is 11.9. The van der Waals surface area contributed by atoms with Crippen LogP contribution < -0.4 is 14.8 Å². The Morgan fingerprint density at radius 2 is 2.05 bits per heavy atom. The van der Waals surface area contributed by atoms with Crippen LogP contribution in [-0.2, 0) is 6.54 Å². The molecule has 4 nitrogen and oxygen atoms in total. The van der Waals surface area contributed by atoms with Gasteiger partial charge in [0.1, 0.15) is 0 Å². The molecule has 0 aliphatic carbocycles. The van der Waals surface area contributed by atoms with Crippen LogP contribution in [0.2, 0.25) is 0 Å². The van der Waals surface area contributed by atoms with Gasteiger partial charge in [0.15, 0.2) is 11.5 Å². The minimum Gasteiger partial charge on any atom is -0.493 e. The van der Waals surface area contributed by atoms with Gasteiger partial charge in [-0.05, 0) is 54.1 Å². The van der Waals surface area contributed by atoms with Gasteiger partial charge in [-0.2, -0.15) is 0 Å². The van der Waals surface area contributed by atoms with Crippen LogP contribution in [-0.4, -0.2) is 44.3 Å². The predicted molar refractivity (Wildman–Crippen MR) is 89.6 cm³/mol. The van der Waals surface area contributed by atoms with Crippen LogP contribution in [0, 0.1) is 3.57 Å². The highest BCUT2D eigenvalue weighted by atomic mass is 127. The van der Waals surface area contributed by atoms with E-state index in [1.807, 2.05) is 0 Å². The van der Waals surface area contributed by atoms with Gasteiger partial charge in [-0.1, -0.05) is 0 Å². The molecule has 1 aromatic carbocycles. The van der Waals surface area contributed by atoms with Gasteiger partial charge >= 0.3 is 0 Å². The molecule has 1 saturated heterocycles. The highest BCUT2D eigenvalue weighted by Crippen LogP contribution is 2.34. The Morgan fingerprint density at radius 1 is 1.30 bits per heavy atom. The number of methoxy groups -OCH3 is 2. The van der Waals surface area contributed by atoms with E-state index in [0.717, 1.165) is 34.7 Å². The fourth-order valence-electron chi connectivity index (χ4n) is 2.61. The van der Waals surface area contributed by atoms with Gasteiger partial charge in [0, 0.05) is 31.7 Å². The zero-order valence-corrected chi connectivity index (χ0v) is 14.7. The van der Waals surface area contributed by atoms with Crippen molar-refractivity contribution >= 4 is 22.6 Å². The van der Waals surface area contributed by atoms with E-state index in [1.54, 1.807) is 14.2 Å². The topological polar surface area (TPSA) is 33.7 Å². The molecule has 1 aliphatic rings. The van der Waals surface area contributed by atoms with Crippen molar-refractivity contribution in [3.8, 4) is 11.5 Å². The Labute approximate surface area is 135 Å². The van der Waals surface area contributed by atoms with Crippen molar-refractivity contribution in [2.24, 2.45) is 0 Å². The molecular formula is C15H23IN2O2. The summed E-state index contributed by atoms with van der Waals surface area (Å²) in [4.78, 5) is 2.51. The first-order chi connectivity index (χ1) is 9.55. The maximum atomic E-state index is 5.43. The van der Waals surface area contributed by atoms with Gasteiger partial charge in [0.2, 0.25) is 0 Å². The third-order valence-corrected chi connectivity index (χ3v) is 4.57. The van der Waals surface area contributed by atoms with E-state index < -0.39 is 0 Å². The zero-order chi connectivity index (χ0) is 14.7. The third kappa shape index (κ3) is 3.56. The number of benzene rings is 1. The van der Waals surface area contributed by atoms with E-state index >= 15 is 0 Å². The largest absolute Gasteiger partial charge is 0.493 e. The van der Waals surface area contributed by atoms with Crippen LogP contribution in [0.15, 0.2) is 12.1 Å². The number of hydrogen-bond acceptors (Lipinski definition) is 4. The summed E-state index contributed by atoms with van der Waals surface area (Å²) in [5.41, 5.74) is 1.27. The zero-order valence-electron chi connectivity index (χ0n) is 12.6. The summed E-state index contributed by atoms with van der Waals surface area (Å²) in [7, 11) is 3.37. The number of piperazine rings is 1. The molecule has 1 N–H and O–H groups in total. The fourth-order valence-corrected chi connectivity index (χ4v) is 3.50. The van der Waals surface area contributed by atoms with Gasteiger partial charge < -0.3 is 14.8 Å². The Bertz CT molecular complexity index is 467. The van der Waals surface area contributed by atoms with Crippen molar-refractivity contribution in [3.63, 3.8) is 0 Å². The molecule has 112 valence electrons. The number of rotatable bonds is 4. The van der Waals surface area contributed by atoms with Gasteiger partial charge in [0.25, 0.3) is 0 Å². The van der Waals surface area contributed by atoms with Crippen molar-refractivity contribution < 1.29 is 9.47 Å². The van der Waals surface area contributed by atoms with Crippen molar-refractivity contribution in [1.82, 2.24) is 10.2 Å². The smallest absolute Gasteiger partial charge is 0.174 e. The number of nitrogens with zero attached hydrogens (tertiary/aromatic N) is 1. The number of nitrogens with one attached hydrogen (secondary N) is 1. The summed E-state index contributed by atoms with van der Waals surface area (Å²) in [6.07, 6.45) is 0. The first kappa shape index (κ1) is 15.9. The van der Waals surface area contributed by atoms with E-state index in [1.165, 1.54) is 5.56 Å². The van der Waals surface area contributed by atoms with Gasteiger partial charge in [0.05, 0.1) is 17.8 Å². The summed E-state index contributed by atoms with van der Waals surface area (Å²) in [5.74, 6) is 1.63. The van der Waals surface area contributed by atoms with Crippen molar-refractivity contribution in [2.45, 2.75) is 32.5 Å². The van der Waals surface area contributed by atoms with Crippen molar-refractivity contribution in [1.29, 1.82) is 0 Å². The lowest BCUT2D eigenvalue weighted by molar-refractivity contribution is 0.138. The normalized spacial score (nSPS) is 23.6. The maximum absolute atomic E-state index is 5.43. The second-order valence-electron chi connectivity index (χ2n) is 5.40. The molecule has 1 heterocycles. The summed E-state index contributed by atoms with van der Waals surface area (Å²) >= 11 is 2.30. The molecule has 0 radical (unpaired) electrons. The first-order valence-corrected chi connectivity index (χ1v) is 8.00. The lowest BCUT2D eigenvalue weighted by Gasteiger charge is -2.37. The molecule has 20 heavy (non-hydrogen) atoms.